The van der Waals surface area contributed by atoms with Gasteiger partial charge >= 0.3 is 0 Å². The first-order chi connectivity index (χ1) is 7.97. The van der Waals surface area contributed by atoms with Crippen LogP contribution in [0.2, 0.25) is 0 Å². The molecule has 0 aromatic heterocycles. The van der Waals surface area contributed by atoms with E-state index in [2.05, 4.69) is 21.1 Å². The normalized spacial score (nSPS) is 12.2. The predicted octanol–water partition coefficient (Wildman–Crippen LogP) is -1.19. The predicted molar refractivity (Wildman–Crippen MR) is 67.4 cm³/mol. The number of hydrogen-bond donors (Lipinski definition) is 4. The lowest BCUT2D eigenvalue weighted by Crippen LogP contribution is -2.44. The van der Waals surface area contributed by atoms with Crippen LogP contribution in [0.5, 0.6) is 0 Å². The summed E-state index contributed by atoms with van der Waals surface area (Å²) < 4.78 is 4.89. The Hall–Kier alpha value is -1.34. The van der Waals surface area contributed by atoms with Crippen molar-refractivity contribution in [3.05, 3.63) is 0 Å². The molecule has 7 nitrogen and oxygen atoms in total. The number of nitrogens with one attached hydrogen (secondary N) is 3. The molecule has 0 aliphatic heterocycles. The van der Waals surface area contributed by atoms with Crippen molar-refractivity contribution in [1.29, 1.82) is 0 Å². The van der Waals surface area contributed by atoms with E-state index >= 15 is 0 Å². The second-order valence-electron chi connectivity index (χ2n) is 4.19. The van der Waals surface area contributed by atoms with Gasteiger partial charge in [-0.15, -0.1) is 0 Å². The Bertz CT molecular complexity index is 265. The number of carbonyl (C=O) groups is 1. The Morgan fingerprint density at radius 3 is 2.59 bits per heavy atom. The molecular formula is C10H23N5O2. The van der Waals surface area contributed by atoms with E-state index < -0.39 is 5.41 Å². The molecule has 0 aromatic carbocycles. The molecule has 17 heavy (non-hydrogen) atoms. The minimum atomic E-state index is -0.570. The molecule has 0 aliphatic carbocycles. The van der Waals surface area contributed by atoms with Crippen LogP contribution in [0.3, 0.4) is 0 Å². The Morgan fingerprint density at radius 1 is 1.47 bits per heavy atom. The molecule has 100 valence electrons. The Morgan fingerprint density at radius 2 is 2.12 bits per heavy atom. The van der Waals surface area contributed by atoms with Gasteiger partial charge in [0.25, 0.3) is 0 Å². The standard InChI is InChI=1S/C10H23N5O2/c1-10(2,8(16)12-3)7-14-9(15-11)13-5-6-17-4/h5-7,11H2,1-4H3,(H,12,16)(H2,13,14,15). The summed E-state index contributed by atoms with van der Waals surface area (Å²) in [5.74, 6) is 5.69. The van der Waals surface area contributed by atoms with Crippen LogP contribution in [0.25, 0.3) is 0 Å². The van der Waals surface area contributed by atoms with Crippen molar-refractivity contribution in [2.45, 2.75) is 13.8 Å². The lowest BCUT2D eigenvalue weighted by molar-refractivity contribution is -0.128. The van der Waals surface area contributed by atoms with Gasteiger partial charge in [0.05, 0.1) is 18.6 Å². The molecule has 0 fully saturated rings. The Labute approximate surface area is 102 Å². The van der Waals surface area contributed by atoms with Crippen LogP contribution in [0.4, 0.5) is 0 Å². The Balaban J connectivity index is 4.29. The number of aliphatic imine (C=N–C) groups is 1. The number of carbonyl (C=O) groups excluding carboxylic acids is 1. The maximum Gasteiger partial charge on any atom is 0.227 e. The van der Waals surface area contributed by atoms with E-state index in [1.54, 1.807) is 14.2 Å². The fourth-order valence-electron chi connectivity index (χ4n) is 1.11. The number of nitrogens with two attached hydrogens (primary N) is 1. The number of hydrogen-bond acceptors (Lipinski definition) is 4. The molecule has 0 saturated heterocycles. The highest BCUT2D eigenvalue weighted by atomic mass is 16.5. The molecule has 0 radical (unpaired) electrons. The summed E-state index contributed by atoms with van der Waals surface area (Å²) in [4.78, 5) is 15.7. The van der Waals surface area contributed by atoms with Gasteiger partial charge in [0, 0.05) is 20.7 Å². The van der Waals surface area contributed by atoms with Crippen molar-refractivity contribution in [3.63, 3.8) is 0 Å². The molecule has 0 saturated carbocycles. The summed E-state index contributed by atoms with van der Waals surface area (Å²) in [5, 5.41) is 5.56. The number of nitrogens with zero attached hydrogens (tertiary/aromatic N) is 1. The van der Waals surface area contributed by atoms with Crippen LogP contribution < -0.4 is 21.9 Å². The first kappa shape index (κ1) is 15.7. The molecule has 0 aromatic rings. The number of amides is 1. The third-order valence-corrected chi connectivity index (χ3v) is 2.21. The third-order valence-electron chi connectivity index (χ3n) is 2.21. The van der Waals surface area contributed by atoms with Gasteiger partial charge in [-0.2, -0.15) is 0 Å². The summed E-state index contributed by atoms with van der Waals surface area (Å²) >= 11 is 0. The minimum absolute atomic E-state index is 0.0606. The molecule has 0 bridgehead atoms. The molecule has 0 atom stereocenters. The van der Waals surface area contributed by atoms with Gasteiger partial charge < -0.3 is 15.4 Å². The maximum absolute atomic E-state index is 11.5. The second-order valence-corrected chi connectivity index (χ2v) is 4.19. The van der Waals surface area contributed by atoms with Crippen molar-refractivity contribution in [3.8, 4) is 0 Å². The van der Waals surface area contributed by atoms with E-state index in [9.17, 15) is 4.79 Å². The van der Waals surface area contributed by atoms with E-state index in [0.717, 1.165) is 0 Å². The molecule has 0 aliphatic rings. The summed E-state index contributed by atoms with van der Waals surface area (Å²) in [5.41, 5.74) is 1.87. The first-order valence-corrected chi connectivity index (χ1v) is 5.44. The molecule has 0 spiro atoms. The lowest BCUT2D eigenvalue weighted by Gasteiger charge is -2.20. The molecule has 5 N–H and O–H groups in total. The number of rotatable bonds is 6. The van der Waals surface area contributed by atoms with Crippen LogP contribution >= 0.6 is 0 Å². The zero-order chi connectivity index (χ0) is 13.3. The largest absolute Gasteiger partial charge is 0.383 e. The van der Waals surface area contributed by atoms with E-state index in [0.29, 0.717) is 25.7 Å². The summed E-state index contributed by atoms with van der Waals surface area (Å²) in [6, 6.07) is 0. The highest BCUT2D eigenvalue weighted by molar-refractivity contribution is 5.83. The SMILES string of the molecule is CNC(=O)C(C)(C)CN=C(NN)NCCOC. The van der Waals surface area contributed by atoms with Gasteiger partial charge in [0.15, 0.2) is 0 Å². The molecular weight excluding hydrogens is 222 g/mol. The van der Waals surface area contributed by atoms with Gasteiger partial charge in [-0.05, 0) is 13.8 Å². The van der Waals surface area contributed by atoms with E-state index in [1.165, 1.54) is 0 Å². The van der Waals surface area contributed by atoms with Gasteiger partial charge in [0.1, 0.15) is 0 Å². The average molecular weight is 245 g/mol. The van der Waals surface area contributed by atoms with Crippen molar-refractivity contribution in [1.82, 2.24) is 16.1 Å². The van der Waals surface area contributed by atoms with Gasteiger partial charge in [-0.3, -0.25) is 15.2 Å². The number of ether oxygens (including phenoxy) is 1. The average Bonchev–Trinajstić information content (AvgIpc) is 2.32. The van der Waals surface area contributed by atoms with Gasteiger partial charge in [-0.25, -0.2) is 5.84 Å². The van der Waals surface area contributed by atoms with Crippen molar-refractivity contribution < 1.29 is 9.53 Å². The smallest absolute Gasteiger partial charge is 0.227 e. The molecule has 0 heterocycles. The first-order valence-electron chi connectivity index (χ1n) is 5.44. The van der Waals surface area contributed by atoms with Crippen LogP contribution in [-0.2, 0) is 9.53 Å². The number of guanidine groups is 1. The fraction of sp³-hybridized carbons (Fsp3) is 0.800. The second kappa shape index (κ2) is 7.86. The number of hydrazine groups is 1. The third kappa shape index (κ3) is 6.08. The zero-order valence-corrected chi connectivity index (χ0v) is 11.0. The van der Waals surface area contributed by atoms with Crippen molar-refractivity contribution in [2.24, 2.45) is 16.3 Å². The van der Waals surface area contributed by atoms with E-state index in [4.69, 9.17) is 10.6 Å². The van der Waals surface area contributed by atoms with Gasteiger partial charge in [-0.1, -0.05) is 0 Å². The highest BCUT2D eigenvalue weighted by Crippen LogP contribution is 2.14. The topological polar surface area (TPSA) is 101 Å². The molecule has 0 unspecified atom stereocenters. The minimum Gasteiger partial charge on any atom is -0.383 e. The highest BCUT2D eigenvalue weighted by Gasteiger charge is 2.26. The Kier molecular flexibility index (Phi) is 7.24. The van der Waals surface area contributed by atoms with Crippen LogP contribution in [0.15, 0.2) is 4.99 Å². The zero-order valence-electron chi connectivity index (χ0n) is 11.0. The van der Waals surface area contributed by atoms with Crippen LogP contribution in [0, 0.1) is 5.41 Å². The quantitative estimate of drug-likeness (QED) is 0.155. The van der Waals surface area contributed by atoms with Crippen LogP contribution in [-0.4, -0.2) is 45.7 Å². The monoisotopic (exact) mass is 245 g/mol. The fourth-order valence-corrected chi connectivity index (χ4v) is 1.11. The summed E-state index contributed by atoms with van der Waals surface area (Å²) in [7, 11) is 3.22. The van der Waals surface area contributed by atoms with E-state index in [-0.39, 0.29) is 5.91 Å². The van der Waals surface area contributed by atoms with E-state index in [1.807, 2.05) is 13.8 Å². The lowest BCUT2D eigenvalue weighted by atomic mass is 9.93. The van der Waals surface area contributed by atoms with Gasteiger partial charge in [0.2, 0.25) is 11.9 Å². The molecule has 1 amide bonds. The van der Waals surface area contributed by atoms with Crippen LogP contribution in [0.1, 0.15) is 13.8 Å². The molecule has 0 rings (SSSR count). The number of methoxy groups -OCH3 is 1. The summed E-state index contributed by atoms with van der Waals surface area (Å²) in [6.07, 6.45) is 0. The van der Waals surface area contributed by atoms with Crippen molar-refractivity contribution >= 4 is 11.9 Å². The maximum atomic E-state index is 11.5. The summed E-state index contributed by atoms with van der Waals surface area (Å²) in [6.45, 7) is 5.13. The van der Waals surface area contributed by atoms with Crippen molar-refractivity contribution in [2.75, 3.05) is 33.9 Å². The molecule has 7 heteroatoms.